The van der Waals surface area contributed by atoms with Crippen LogP contribution in [0.3, 0.4) is 0 Å². The lowest BCUT2D eigenvalue weighted by Gasteiger charge is -2.42. The molecule has 0 aromatic heterocycles. The molecular weight excluding hydrogens is 492 g/mol. The number of hydrogen-bond donors (Lipinski definition) is 1. The lowest BCUT2D eigenvalue weighted by molar-refractivity contribution is -0.306. The number of ether oxygens (including phenoxy) is 6. The van der Waals surface area contributed by atoms with Gasteiger partial charge < -0.3 is 33.5 Å². The molecule has 0 spiro atoms. The minimum atomic E-state index is -1.45. The Labute approximate surface area is 215 Å². The largest absolute Gasteiger partial charge is 0.469 e. The van der Waals surface area contributed by atoms with E-state index in [1.54, 1.807) is 0 Å². The molecule has 0 radical (unpaired) electrons. The van der Waals surface area contributed by atoms with Gasteiger partial charge in [-0.05, 0) is 25.2 Å². The molecule has 0 amide bonds. The fourth-order valence-electron chi connectivity index (χ4n) is 4.46. The molecule has 0 unspecified atom stereocenters. The highest BCUT2D eigenvalue weighted by Gasteiger charge is 2.50. The molecule has 2 fully saturated rings. The predicted octanol–water partition coefficient (Wildman–Crippen LogP) is 1.01. The minimum Gasteiger partial charge on any atom is -0.469 e. The van der Waals surface area contributed by atoms with Crippen LogP contribution in [-0.4, -0.2) is 85.8 Å². The van der Waals surface area contributed by atoms with Crippen molar-refractivity contribution in [3.05, 3.63) is 12.2 Å². The molecule has 2 aliphatic rings. The van der Waals surface area contributed by atoms with E-state index >= 15 is 0 Å². The number of methoxy groups -OCH3 is 1. The van der Waals surface area contributed by atoms with Crippen LogP contribution in [0.1, 0.15) is 52.9 Å². The van der Waals surface area contributed by atoms with Gasteiger partial charge in [-0.15, -0.1) is 0 Å². The first-order chi connectivity index (χ1) is 17.5. The van der Waals surface area contributed by atoms with Gasteiger partial charge in [0.05, 0.1) is 13.7 Å². The third-order valence-electron chi connectivity index (χ3n) is 6.20. The molecule has 1 saturated heterocycles. The molecule has 12 nitrogen and oxygen atoms in total. The molecule has 7 atom stereocenters. The van der Waals surface area contributed by atoms with Crippen molar-refractivity contribution in [1.29, 1.82) is 0 Å². The zero-order chi connectivity index (χ0) is 27.5. The van der Waals surface area contributed by atoms with Crippen molar-refractivity contribution in [2.75, 3.05) is 20.3 Å². The Morgan fingerprint density at radius 1 is 1.03 bits per heavy atom. The summed E-state index contributed by atoms with van der Waals surface area (Å²) >= 11 is 0. The average molecular weight is 529 g/mol. The fraction of sp³-hybridized carbons (Fsp3) is 0.720. The van der Waals surface area contributed by atoms with Crippen LogP contribution in [0.5, 0.6) is 0 Å². The summed E-state index contributed by atoms with van der Waals surface area (Å²) in [4.78, 5) is 58.3. The molecule has 2 rings (SSSR count). The lowest BCUT2D eigenvalue weighted by Crippen LogP contribution is -2.61. The number of carbonyl (C=O) groups excluding carboxylic acids is 5. The molecule has 208 valence electrons. The smallest absolute Gasteiger partial charge is 0.305 e. The van der Waals surface area contributed by atoms with Gasteiger partial charge in [-0.1, -0.05) is 12.2 Å². The van der Waals surface area contributed by atoms with E-state index in [0.717, 1.165) is 13.8 Å². The van der Waals surface area contributed by atoms with Crippen LogP contribution in [0, 0.1) is 11.8 Å². The van der Waals surface area contributed by atoms with E-state index in [0.29, 0.717) is 25.7 Å². The van der Waals surface area contributed by atoms with Crippen molar-refractivity contribution in [2.45, 2.75) is 83.6 Å². The highest BCUT2D eigenvalue weighted by molar-refractivity contribution is 5.84. The first-order valence-corrected chi connectivity index (χ1v) is 12.2. The van der Waals surface area contributed by atoms with Gasteiger partial charge in [0.1, 0.15) is 24.6 Å². The van der Waals surface area contributed by atoms with Crippen LogP contribution >= 0.6 is 0 Å². The first kappa shape index (κ1) is 30.4. The Morgan fingerprint density at radius 2 is 1.70 bits per heavy atom. The topological polar surface area (TPSA) is 161 Å². The summed E-state index contributed by atoms with van der Waals surface area (Å²) in [5, 5.41) is 10.6. The molecular formula is C25H36O12. The summed E-state index contributed by atoms with van der Waals surface area (Å²) in [6.07, 6.45) is -0.445. The molecule has 0 aromatic carbocycles. The van der Waals surface area contributed by atoms with Crippen LogP contribution < -0.4 is 0 Å². The van der Waals surface area contributed by atoms with Crippen molar-refractivity contribution in [2.24, 2.45) is 11.8 Å². The van der Waals surface area contributed by atoms with Crippen molar-refractivity contribution >= 4 is 29.7 Å². The highest BCUT2D eigenvalue weighted by Crippen LogP contribution is 2.34. The van der Waals surface area contributed by atoms with Crippen molar-refractivity contribution in [1.82, 2.24) is 0 Å². The van der Waals surface area contributed by atoms with E-state index in [2.05, 4.69) is 0 Å². The van der Waals surface area contributed by atoms with Gasteiger partial charge in [-0.25, -0.2) is 0 Å². The van der Waals surface area contributed by atoms with Gasteiger partial charge >= 0.3 is 23.9 Å². The van der Waals surface area contributed by atoms with Gasteiger partial charge in [0.15, 0.2) is 18.5 Å². The monoisotopic (exact) mass is 528 g/mol. The number of esters is 4. The summed E-state index contributed by atoms with van der Waals surface area (Å²) in [5.74, 6) is -2.50. The Bertz CT molecular complexity index is 853. The van der Waals surface area contributed by atoms with Crippen molar-refractivity contribution in [3.8, 4) is 0 Å². The van der Waals surface area contributed by atoms with Gasteiger partial charge in [0.2, 0.25) is 0 Å². The summed E-state index contributed by atoms with van der Waals surface area (Å²) in [6.45, 7) is 3.26. The van der Waals surface area contributed by atoms with E-state index in [1.807, 2.05) is 12.2 Å². The summed E-state index contributed by atoms with van der Waals surface area (Å²) in [6, 6.07) is 0. The Kier molecular flexibility index (Phi) is 12.2. The third kappa shape index (κ3) is 9.52. The van der Waals surface area contributed by atoms with Gasteiger partial charge in [0, 0.05) is 39.5 Å². The second-order valence-electron chi connectivity index (χ2n) is 9.00. The Balaban J connectivity index is 1.98. The zero-order valence-corrected chi connectivity index (χ0v) is 21.6. The van der Waals surface area contributed by atoms with E-state index in [9.17, 15) is 29.1 Å². The molecule has 1 aliphatic heterocycles. The maximum absolute atomic E-state index is 12.2. The standard InChI is InChI=1S/C25H36O12/c1-14(26)34-13-20-22(31)23(35-15(2)27)24(36-16(3)28)25(37-20)33-11-7-5-6-8-18-17(9-10-19(18)29)12-21(30)32-4/h5-6,17-18,20,22-25,31H,7-13H2,1-4H3/b6-5-/t17-,18-,20-,22+,23+,24-,25-/m1/s1. The Morgan fingerprint density at radius 3 is 2.32 bits per heavy atom. The number of aliphatic hydroxyl groups excluding tert-OH is 1. The molecule has 37 heavy (non-hydrogen) atoms. The van der Waals surface area contributed by atoms with Crippen LogP contribution in [0.2, 0.25) is 0 Å². The summed E-state index contributed by atoms with van der Waals surface area (Å²) < 4.78 is 31.5. The summed E-state index contributed by atoms with van der Waals surface area (Å²) in [7, 11) is 1.32. The lowest BCUT2D eigenvalue weighted by atomic mass is 9.89. The van der Waals surface area contributed by atoms with Crippen molar-refractivity contribution in [3.63, 3.8) is 0 Å². The molecule has 1 aliphatic carbocycles. The highest BCUT2D eigenvalue weighted by atomic mass is 16.7. The Hall–Kier alpha value is -2.83. The van der Waals surface area contributed by atoms with E-state index < -0.39 is 48.6 Å². The summed E-state index contributed by atoms with van der Waals surface area (Å²) in [5.41, 5.74) is 0. The molecule has 1 N–H and O–H groups in total. The molecule has 12 heteroatoms. The normalized spacial score (nSPS) is 29.6. The number of aliphatic hydroxyl groups is 1. The predicted molar refractivity (Wildman–Crippen MR) is 125 cm³/mol. The van der Waals surface area contributed by atoms with E-state index in [4.69, 9.17) is 28.4 Å². The molecule has 0 bridgehead atoms. The second kappa shape index (κ2) is 14.8. The average Bonchev–Trinajstić information content (AvgIpc) is 3.16. The van der Waals surface area contributed by atoms with E-state index in [1.165, 1.54) is 14.0 Å². The fourth-order valence-corrected chi connectivity index (χ4v) is 4.46. The third-order valence-corrected chi connectivity index (χ3v) is 6.20. The second-order valence-corrected chi connectivity index (χ2v) is 9.00. The van der Waals surface area contributed by atoms with E-state index in [-0.39, 0.29) is 43.2 Å². The molecule has 0 aromatic rings. The minimum absolute atomic E-state index is 0.0419. The van der Waals surface area contributed by atoms with Crippen LogP contribution in [0.25, 0.3) is 0 Å². The van der Waals surface area contributed by atoms with Crippen LogP contribution in [-0.2, 0) is 52.4 Å². The zero-order valence-electron chi connectivity index (χ0n) is 21.6. The quantitative estimate of drug-likeness (QED) is 0.166. The maximum Gasteiger partial charge on any atom is 0.305 e. The molecule has 1 heterocycles. The number of hydrogen-bond acceptors (Lipinski definition) is 12. The van der Waals surface area contributed by atoms with Gasteiger partial charge in [-0.2, -0.15) is 0 Å². The number of rotatable bonds is 12. The number of Topliss-reactive ketones (excluding diaryl/α,β-unsaturated/α-hetero) is 1. The maximum atomic E-state index is 12.2. The number of ketones is 1. The van der Waals surface area contributed by atoms with Gasteiger partial charge in [-0.3, -0.25) is 24.0 Å². The van der Waals surface area contributed by atoms with Crippen LogP contribution in [0.4, 0.5) is 0 Å². The van der Waals surface area contributed by atoms with Gasteiger partial charge in [0.25, 0.3) is 0 Å². The van der Waals surface area contributed by atoms with Crippen LogP contribution in [0.15, 0.2) is 12.2 Å². The number of allylic oxidation sites excluding steroid dienone is 1. The number of carbonyl (C=O) groups is 5. The molecule has 1 saturated carbocycles. The first-order valence-electron chi connectivity index (χ1n) is 12.2. The van der Waals surface area contributed by atoms with Crippen molar-refractivity contribution < 1.29 is 57.5 Å². The SMILES string of the molecule is COC(=O)C[C@H]1CCC(=O)[C@@H]1C/C=C\CCO[C@@H]1O[C@H](COC(C)=O)[C@H](O)[C@H](OC(C)=O)[C@H]1OC(C)=O.